The van der Waals surface area contributed by atoms with Crippen LogP contribution in [-0.2, 0) is 0 Å². The molecule has 0 aromatic heterocycles. The van der Waals surface area contributed by atoms with E-state index in [-0.39, 0.29) is 5.54 Å². The number of nitrogens with zero attached hydrogens (tertiary/aromatic N) is 3. The molecule has 92 valence electrons. The highest BCUT2D eigenvalue weighted by Crippen LogP contribution is 2.20. The molecule has 1 saturated heterocycles. The van der Waals surface area contributed by atoms with Gasteiger partial charge in [-0.25, -0.2) is 0 Å². The predicted octanol–water partition coefficient (Wildman–Crippen LogP) is 1.95. The molecule has 1 atom stereocenters. The quantitative estimate of drug-likeness (QED) is 0.730. The van der Waals surface area contributed by atoms with Gasteiger partial charge in [0.1, 0.15) is 5.54 Å². The third-order valence-corrected chi connectivity index (χ3v) is 3.82. The summed E-state index contributed by atoms with van der Waals surface area (Å²) >= 11 is 0. The Morgan fingerprint density at radius 1 is 1.50 bits per heavy atom. The Bertz CT molecular complexity index is 254. The first-order valence-electron chi connectivity index (χ1n) is 6.27. The molecule has 0 N–H and O–H groups in total. The van der Waals surface area contributed by atoms with Crippen molar-refractivity contribution in [1.29, 1.82) is 5.26 Å². The van der Waals surface area contributed by atoms with E-state index in [2.05, 4.69) is 30.0 Å². The molecule has 1 heterocycles. The Morgan fingerprint density at radius 3 is 2.75 bits per heavy atom. The minimum absolute atomic E-state index is 0.333. The highest BCUT2D eigenvalue weighted by Gasteiger charge is 2.24. The molecule has 1 rings (SSSR count). The van der Waals surface area contributed by atoms with Gasteiger partial charge in [0.2, 0.25) is 0 Å². The van der Waals surface area contributed by atoms with Crippen LogP contribution in [0.1, 0.15) is 33.1 Å². The molecule has 0 aromatic rings. The van der Waals surface area contributed by atoms with Crippen LogP contribution in [0.3, 0.4) is 0 Å². The summed E-state index contributed by atoms with van der Waals surface area (Å²) in [5.74, 6) is 0.815. The van der Waals surface area contributed by atoms with Gasteiger partial charge in [0.25, 0.3) is 0 Å². The van der Waals surface area contributed by atoms with Crippen LogP contribution in [0.5, 0.6) is 0 Å². The molecule has 16 heavy (non-hydrogen) atoms. The van der Waals surface area contributed by atoms with Gasteiger partial charge in [-0.1, -0.05) is 0 Å². The van der Waals surface area contributed by atoms with Crippen molar-refractivity contribution in [3.63, 3.8) is 0 Å². The number of hydrogen-bond donors (Lipinski definition) is 0. The van der Waals surface area contributed by atoms with Crippen molar-refractivity contribution in [3.05, 3.63) is 0 Å². The molecule has 1 fully saturated rings. The van der Waals surface area contributed by atoms with Gasteiger partial charge in [0.05, 0.1) is 6.07 Å². The first-order chi connectivity index (χ1) is 7.45. The molecule has 0 aromatic carbocycles. The lowest BCUT2D eigenvalue weighted by Gasteiger charge is -2.33. The van der Waals surface area contributed by atoms with Crippen LogP contribution < -0.4 is 0 Å². The van der Waals surface area contributed by atoms with Gasteiger partial charge < -0.3 is 4.90 Å². The lowest BCUT2D eigenvalue weighted by molar-refractivity contribution is 0.158. The van der Waals surface area contributed by atoms with E-state index < -0.39 is 0 Å². The smallest absolute Gasteiger partial charge is 0.103 e. The minimum atomic E-state index is -0.333. The van der Waals surface area contributed by atoms with E-state index in [1.54, 1.807) is 0 Å². The molecule has 0 spiro atoms. The summed E-state index contributed by atoms with van der Waals surface area (Å²) in [6.07, 6.45) is 3.89. The predicted molar refractivity (Wildman–Crippen MR) is 67.2 cm³/mol. The molecule has 0 saturated carbocycles. The van der Waals surface area contributed by atoms with Gasteiger partial charge in [0, 0.05) is 6.54 Å². The van der Waals surface area contributed by atoms with E-state index in [0.717, 1.165) is 12.5 Å². The molecule has 3 nitrogen and oxygen atoms in total. The van der Waals surface area contributed by atoms with Gasteiger partial charge in [-0.2, -0.15) is 5.26 Å². The van der Waals surface area contributed by atoms with E-state index in [0.29, 0.717) is 0 Å². The Kier molecular flexibility index (Phi) is 4.76. The van der Waals surface area contributed by atoms with Gasteiger partial charge in [-0.3, -0.25) is 4.90 Å². The van der Waals surface area contributed by atoms with E-state index in [4.69, 9.17) is 5.26 Å². The van der Waals surface area contributed by atoms with Crippen LogP contribution in [-0.4, -0.2) is 49.1 Å². The fourth-order valence-corrected chi connectivity index (χ4v) is 2.25. The molecule has 3 heteroatoms. The highest BCUT2D eigenvalue weighted by atomic mass is 15.2. The van der Waals surface area contributed by atoms with Crippen molar-refractivity contribution >= 4 is 0 Å². The molecule has 1 aliphatic heterocycles. The maximum Gasteiger partial charge on any atom is 0.103 e. The minimum Gasteiger partial charge on any atom is -0.306 e. The largest absolute Gasteiger partial charge is 0.306 e. The average molecular weight is 223 g/mol. The van der Waals surface area contributed by atoms with Crippen molar-refractivity contribution in [3.8, 4) is 6.07 Å². The normalized spacial score (nSPS) is 23.4. The van der Waals surface area contributed by atoms with E-state index in [1.807, 2.05) is 13.8 Å². The summed E-state index contributed by atoms with van der Waals surface area (Å²) in [5.41, 5.74) is -0.333. The summed E-state index contributed by atoms with van der Waals surface area (Å²) in [5, 5.41) is 9.04. The lowest BCUT2D eigenvalue weighted by atomic mass is 9.94. The number of nitriles is 1. The second kappa shape index (κ2) is 5.65. The van der Waals surface area contributed by atoms with Gasteiger partial charge >= 0.3 is 0 Å². The average Bonchev–Trinajstić information content (AvgIpc) is 2.26. The molecule has 0 aliphatic carbocycles. The molecule has 0 radical (unpaired) electrons. The van der Waals surface area contributed by atoms with Crippen LogP contribution in [0, 0.1) is 17.2 Å². The third-order valence-electron chi connectivity index (χ3n) is 3.82. The summed E-state index contributed by atoms with van der Waals surface area (Å²) < 4.78 is 0. The molecular weight excluding hydrogens is 198 g/mol. The molecule has 0 bridgehead atoms. The maximum absolute atomic E-state index is 9.04. The zero-order valence-corrected chi connectivity index (χ0v) is 11.2. The number of hydrogen-bond acceptors (Lipinski definition) is 3. The zero-order chi connectivity index (χ0) is 12.2. The monoisotopic (exact) mass is 223 g/mol. The summed E-state index contributed by atoms with van der Waals surface area (Å²) in [4.78, 5) is 4.59. The number of piperidine rings is 1. The van der Waals surface area contributed by atoms with Crippen molar-refractivity contribution in [2.75, 3.05) is 33.7 Å². The number of rotatable bonds is 4. The van der Waals surface area contributed by atoms with Crippen LogP contribution >= 0.6 is 0 Å². The molecular formula is C13H25N3. The Hall–Kier alpha value is -0.590. The van der Waals surface area contributed by atoms with E-state index >= 15 is 0 Å². The molecule has 1 unspecified atom stereocenters. The summed E-state index contributed by atoms with van der Waals surface area (Å²) in [7, 11) is 4.25. The maximum atomic E-state index is 9.04. The standard InChI is InChI=1S/C13H25N3/c1-13(2,11-14)16(4)9-7-12-6-5-8-15(3)10-12/h12H,5-10H2,1-4H3. The Morgan fingerprint density at radius 2 is 2.19 bits per heavy atom. The second-order valence-electron chi connectivity index (χ2n) is 5.65. The Labute approximate surface area is 100 Å². The SMILES string of the molecule is CN1CCCC(CCN(C)C(C)(C)C#N)C1. The van der Waals surface area contributed by atoms with Crippen molar-refractivity contribution < 1.29 is 0 Å². The van der Waals surface area contributed by atoms with Gasteiger partial charge in [-0.05, 0) is 66.2 Å². The van der Waals surface area contributed by atoms with Crippen LogP contribution in [0.2, 0.25) is 0 Å². The fourth-order valence-electron chi connectivity index (χ4n) is 2.25. The highest BCUT2D eigenvalue weighted by molar-refractivity contribution is 5.00. The lowest BCUT2D eigenvalue weighted by Crippen LogP contribution is -2.42. The second-order valence-corrected chi connectivity index (χ2v) is 5.65. The molecule has 0 amide bonds. The van der Waals surface area contributed by atoms with Gasteiger partial charge in [-0.15, -0.1) is 0 Å². The van der Waals surface area contributed by atoms with Crippen LogP contribution in [0.15, 0.2) is 0 Å². The van der Waals surface area contributed by atoms with E-state index in [1.165, 1.54) is 32.4 Å². The number of likely N-dealkylation sites (tertiary alicyclic amines) is 1. The summed E-state index contributed by atoms with van der Waals surface area (Å²) in [6.45, 7) is 7.47. The van der Waals surface area contributed by atoms with Crippen LogP contribution in [0.4, 0.5) is 0 Å². The van der Waals surface area contributed by atoms with Crippen molar-refractivity contribution in [2.45, 2.75) is 38.6 Å². The zero-order valence-electron chi connectivity index (χ0n) is 11.2. The fraction of sp³-hybridized carbons (Fsp3) is 0.923. The van der Waals surface area contributed by atoms with Gasteiger partial charge in [0.15, 0.2) is 0 Å². The first kappa shape index (κ1) is 13.5. The summed E-state index contributed by atoms with van der Waals surface area (Å²) in [6, 6.07) is 2.35. The molecule has 1 aliphatic rings. The van der Waals surface area contributed by atoms with Crippen LogP contribution in [0.25, 0.3) is 0 Å². The van der Waals surface area contributed by atoms with Crippen molar-refractivity contribution in [2.24, 2.45) is 5.92 Å². The topological polar surface area (TPSA) is 30.3 Å². The van der Waals surface area contributed by atoms with Crippen molar-refractivity contribution in [1.82, 2.24) is 9.80 Å². The Balaban J connectivity index is 2.32. The first-order valence-corrected chi connectivity index (χ1v) is 6.27. The third kappa shape index (κ3) is 3.77. The van der Waals surface area contributed by atoms with E-state index in [9.17, 15) is 0 Å².